The molecule has 2 heterocycles. The van der Waals surface area contributed by atoms with E-state index < -0.39 is 11.6 Å². The molecule has 6 nitrogen and oxygen atoms in total. The number of alkyl halides is 1. The van der Waals surface area contributed by atoms with Crippen LogP contribution in [0.5, 0.6) is 0 Å². The minimum absolute atomic E-state index is 0.0281. The van der Waals surface area contributed by atoms with E-state index in [9.17, 15) is 14.0 Å². The van der Waals surface area contributed by atoms with Crippen LogP contribution in [-0.2, 0) is 11.2 Å². The highest BCUT2D eigenvalue weighted by Crippen LogP contribution is 2.60. The highest BCUT2D eigenvalue weighted by atomic mass is 19.1. The molecule has 3 N–H and O–H groups in total. The summed E-state index contributed by atoms with van der Waals surface area (Å²) in [7, 11) is 0. The summed E-state index contributed by atoms with van der Waals surface area (Å²) < 4.78 is 14.0. The van der Waals surface area contributed by atoms with Crippen molar-refractivity contribution in [1.82, 2.24) is 9.97 Å². The lowest BCUT2D eigenvalue weighted by Gasteiger charge is -2.18. The standard InChI is InChI=1S/C25H25FN4O2/c1-24(2,26)23(32)30-18-11-14(9-10-27-18)20-21(28-15-7-5-4-6-8-15)19-17(29-20)13-25(3)12-16(25)22(19)31/h4-11,16,28-29H,12-13H2,1-3H3,(H,27,30,32)/t16-,25+/m0/s1. The SMILES string of the molecule is CC(C)(F)C(=O)Nc1cc(-c2[nH]c3c(c2Nc2ccccc2)C(=O)[C@@H]2C[C@]2(C)C3)ccn1. The van der Waals surface area contributed by atoms with Gasteiger partial charge in [-0.05, 0) is 56.4 Å². The van der Waals surface area contributed by atoms with Crippen molar-refractivity contribution >= 4 is 28.9 Å². The molecule has 1 aromatic carbocycles. The molecule has 0 spiro atoms. The lowest BCUT2D eigenvalue weighted by Crippen LogP contribution is -2.32. The molecule has 0 radical (unpaired) electrons. The van der Waals surface area contributed by atoms with E-state index >= 15 is 0 Å². The van der Waals surface area contributed by atoms with E-state index in [-0.39, 0.29) is 22.9 Å². The van der Waals surface area contributed by atoms with Crippen LogP contribution in [0.2, 0.25) is 0 Å². The zero-order chi connectivity index (χ0) is 22.7. The summed E-state index contributed by atoms with van der Waals surface area (Å²) in [6.07, 6.45) is 3.29. The van der Waals surface area contributed by atoms with Gasteiger partial charge >= 0.3 is 0 Å². The van der Waals surface area contributed by atoms with E-state index in [2.05, 4.69) is 27.5 Å². The van der Waals surface area contributed by atoms with Crippen LogP contribution in [0.4, 0.5) is 21.6 Å². The first kappa shape index (κ1) is 20.4. The van der Waals surface area contributed by atoms with Crippen molar-refractivity contribution in [3.8, 4) is 11.3 Å². The molecule has 164 valence electrons. The monoisotopic (exact) mass is 432 g/mol. The molecule has 0 aliphatic heterocycles. The van der Waals surface area contributed by atoms with Gasteiger partial charge in [0.25, 0.3) is 5.91 Å². The average molecular weight is 432 g/mol. The Labute approximate surface area is 185 Å². The number of para-hydroxylation sites is 1. The second-order valence-corrected chi connectivity index (χ2v) is 9.53. The molecule has 0 saturated heterocycles. The number of pyridine rings is 1. The Morgan fingerprint density at radius 3 is 2.72 bits per heavy atom. The van der Waals surface area contributed by atoms with Gasteiger partial charge in [0.1, 0.15) is 5.82 Å². The number of aromatic amines is 1. The molecule has 7 heteroatoms. The molecule has 1 saturated carbocycles. The number of nitrogens with zero attached hydrogens (tertiary/aromatic N) is 1. The van der Waals surface area contributed by atoms with Gasteiger partial charge in [-0.15, -0.1) is 0 Å². The van der Waals surface area contributed by atoms with Gasteiger partial charge in [0.05, 0.1) is 16.9 Å². The third kappa shape index (κ3) is 3.47. The molecule has 5 rings (SSSR count). The quantitative estimate of drug-likeness (QED) is 0.512. The number of carbonyl (C=O) groups is 2. The molecule has 0 bridgehead atoms. The van der Waals surface area contributed by atoms with Gasteiger partial charge in [-0.2, -0.15) is 0 Å². The van der Waals surface area contributed by atoms with E-state index in [0.717, 1.165) is 41.2 Å². The highest BCUT2D eigenvalue weighted by molar-refractivity contribution is 6.10. The predicted molar refractivity (Wildman–Crippen MR) is 122 cm³/mol. The number of hydrogen-bond donors (Lipinski definition) is 3. The molecule has 2 aliphatic carbocycles. The molecule has 1 amide bonds. The molecule has 3 aromatic rings. The first-order valence-corrected chi connectivity index (χ1v) is 10.7. The Bertz CT molecular complexity index is 1230. The van der Waals surface area contributed by atoms with Gasteiger partial charge in [0.2, 0.25) is 0 Å². The van der Waals surface area contributed by atoms with Gasteiger partial charge in [0.15, 0.2) is 11.5 Å². The zero-order valence-electron chi connectivity index (χ0n) is 18.3. The van der Waals surface area contributed by atoms with Crippen LogP contribution in [0, 0.1) is 11.3 Å². The van der Waals surface area contributed by atoms with Crippen LogP contribution < -0.4 is 10.6 Å². The van der Waals surface area contributed by atoms with Crippen molar-refractivity contribution in [3.05, 3.63) is 59.9 Å². The number of benzene rings is 1. The highest BCUT2D eigenvalue weighted by Gasteiger charge is 2.58. The van der Waals surface area contributed by atoms with Crippen LogP contribution in [0.1, 0.15) is 43.2 Å². The van der Waals surface area contributed by atoms with Gasteiger partial charge in [0, 0.05) is 29.1 Å². The minimum atomic E-state index is -2.02. The lowest BCUT2D eigenvalue weighted by atomic mass is 9.87. The molecule has 2 aromatic heterocycles. The summed E-state index contributed by atoms with van der Waals surface area (Å²) in [6.45, 7) is 4.55. The first-order valence-electron chi connectivity index (χ1n) is 10.7. The summed E-state index contributed by atoms with van der Waals surface area (Å²) >= 11 is 0. The third-order valence-corrected chi connectivity index (χ3v) is 6.45. The van der Waals surface area contributed by atoms with Crippen LogP contribution in [0.3, 0.4) is 0 Å². The number of anilines is 3. The topological polar surface area (TPSA) is 86.9 Å². The number of carbonyl (C=O) groups excluding carboxylic acids is 2. The number of aromatic nitrogens is 2. The zero-order valence-corrected chi connectivity index (χ0v) is 18.3. The van der Waals surface area contributed by atoms with E-state index in [0.29, 0.717) is 5.56 Å². The van der Waals surface area contributed by atoms with Crippen molar-refractivity contribution in [3.63, 3.8) is 0 Å². The second kappa shape index (κ2) is 7.02. The van der Waals surface area contributed by atoms with Crippen molar-refractivity contribution in [2.75, 3.05) is 10.6 Å². The minimum Gasteiger partial charge on any atom is -0.356 e. The van der Waals surface area contributed by atoms with E-state index in [4.69, 9.17) is 0 Å². The Morgan fingerprint density at radius 1 is 1.25 bits per heavy atom. The fourth-order valence-electron chi connectivity index (χ4n) is 4.47. The van der Waals surface area contributed by atoms with Crippen LogP contribution in [0.15, 0.2) is 48.7 Å². The number of fused-ring (bicyclic) bond motifs is 2. The van der Waals surface area contributed by atoms with Gasteiger partial charge in [-0.1, -0.05) is 25.1 Å². The maximum atomic E-state index is 14.0. The maximum absolute atomic E-state index is 14.0. The summed E-state index contributed by atoms with van der Waals surface area (Å²) in [5, 5.41) is 5.95. The normalized spacial score (nSPS) is 21.5. The molecule has 2 atom stereocenters. The molecule has 1 fully saturated rings. The molecular weight excluding hydrogens is 407 g/mol. The third-order valence-electron chi connectivity index (χ3n) is 6.45. The van der Waals surface area contributed by atoms with Gasteiger partial charge in [-0.3, -0.25) is 9.59 Å². The van der Waals surface area contributed by atoms with Gasteiger partial charge < -0.3 is 15.6 Å². The van der Waals surface area contributed by atoms with E-state index in [1.165, 1.54) is 13.8 Å². The maximum Gasteiger partial charge on any atom is 0.262 e. The first-order chi connectivity index (χ1) is 15.2. The number of H-pyrrole nitrogens is 1. The lowest BCUT2D eigenvalue weighted by molar-refractivity contribution is -0.125. The number of nitrogens with one attached hydrogen (secondary N) is 3. The Hall–Kier alpha value is -3.48. The Morgan fingerprint density at radius 2 is 2.00 bits per heavy atom. The number of ketones is 1. The summed E-state index contributed by atoms with van der Waals surface area (Å²) in [5.41, 5.74) is 2.71. The number of halogens is 1. The van der Waals surface area contributed by atoms with Gasteiger partial charge in [-0.25, -0.2) is 9.37 Å². The Balaban J connectivity index is 1.58. The number of Topliss-reactive ketones (excluding diaryl/α,β-unsaturated/α-hetero) is 1. The number of amides is 1. The van der Waals surface area contributed by atoms with Crippen molar-refractivity contribution in [2.24, 2.45) is 11.3 Å². The predicted octanol–water partition coefficient (Wildman–Crippen LogP) is 5.27. The molecular formula is C25H25FN4O2. The largest absolute Gasteiger partial charge is 0.356 e. The van der Waals surface area contributed by atoms with Crippen molar-refractivity contribution in [2.45, 2.75) is 39.3 Å². The molecule has 32 heavy (non-hydrogen) atoms. The van der Waals surface area contributed by atoms with Crippen LogP contribution >= 0.6 is 0 Å². The smallest absolute Gasteiger partial charge is 0.262 e. The summed E-state index contributed by atoms with van der Waals surface area (Å²) in [6, 6.07) is 13.2. The number of hydrogen-bond acceptors (Lipinski definition) is 4. The summed E-state index contributed by atoms with van der Waals surface area (Å²) in [4.78, 5) is 33.0. The average Bonchev–Trinajstić information content (AvgIpc) is 3.31. The fourth-order valence-corrected chi connectivity index (χ4v) is 4.47. The van der Waals surface area contributed by atoms with Crippen LogP contribution in [0.25, 0.3) is 11.3 Å². The summed E-state index contributed by atoms with van der Waals surface area (Å²) in [5.74, 6) is -0.290. The number of rotatable bonds is 5. The fraction of sp³-hybridized carbons (Fsp3) is 0.320. The Kier molecular flexibility index (Phi) is 4.48. The second-order valence-electron chi connectivity index (χ2n) is 9.53. The molecule has 0 unspecified atom stereocenters. The van der Waals surface area contributed by atoms with E-state index in [1.54, 1.807) is 18.3 Å². The van der Waals surface area contributed by atoms with Crippen molar-refractivity contribution in [1.29, 1.82) is 0 Å². The van der Waals surface area contributed by atoms with Crippen molar-refractivity contribution < 1.29 is 14.0 Å². The van der Waals surface area contributed by atoms with E-state index in [1.807, 2.05) is 30.3 Å². The van der Waals surface area contributed by atoms with Crippen LogP contribution in [-0.4, -0.2) is 27.3 Å². The molecule has 2 aliphatic rings.